The lowest BCUT2D eigenvalue weighted by atomic mass is 10.2. The molecule has 0 radical (unpaired) electrons. The molecule has 0 atom stereocenters. The molecule has 2 aromatic rings. The van der Waals surface area contributed by atoms with Crippen molar-refractivity contribution in [3.05, 3.63) is 43.4 Å². The van der Waals surface area contributed by atoms with Crippen molar-refractivity contribution >= 4 is 34.8 Å². The van der Waals surface area contributed by atoms with Crippen molar-refractivity contribution < 1.29 is 13.6 Å². The van der Waals surface area contributed by atoms with Crippen LogP contribution in [0.3, 0.4) is 0 Å². The van der Waals surface area contributed by atoms with Gasteiger partial charge < -0.3 is 10.6 Å². The molecule has 1 aliphatic heterocycles. The van der Waals surface area contributed by atoms with Crippen LogP contribution in [0.1, 0.15) is 25.5 Å². The fourth-order valence-electron chi connectivity index (χ4n) is 3.56. The van der Waals surface area contributed by atoms with Crippen LogP contribution in [0.25, 0.3) is 11.8 Å². The smallest absolute Gasteiger partial charge is 0.302 e. The number of hydrogen-bond acceptors (Lipinski definition) is 8. The van der Waals surface area contributed by atoms with Crippen LogP contribution in [-0.2, 0) is 17.3 Å². The second-order valence-electron chi connectivity index (χ2n) is 7.53. The van der Waals surface area contributed by atoms with E-state index < -0.39 is 23.9 Å². The summed E-state index contributed by atoms with van der Waals surface area (Å²) in [6.07, 6.45) is 3.13. The standard InChI is InChI=1S/C22H23F2N7O2S/c1-2-31-20(33)16(34-21(31)15(12-26)19(32)27-9-8-25)13-28-18-7-5-6-17(29-18)22(23,24)14-30-10-3-4-11-30/h5-7,13H,2-4,9-11,14H2,1H3,(H,27,32)(H,28,29). The van der Waals surface area contributed by atoms with E-state index in [2.05, 4.69) is 15.6 Å². The Morgan fingerprint density at radius 2 is 2.06 bits per heavy atom. The first kappa shape index (κ1) is 25.0. The zero-order valence-corrected chi connectivity index (χ0v) is 19.3. The lowest BCUT2D eigenvalue weighted by Gasteiger charge is -2.22. The molecule has 0 aliphatic carbocycles. The average molecular weight is 488 g/mol. The number of carbonyl (C=O) groups is 1. The summed E-state index contributed by atoms with van der Waals surface area (Å²) in [7, 11) is 0. The van der Waals surface area contributed by atoms with E-state index in [1.54, 1.807) is 24.0 Å². The number of alkyl halides is 2. The van der Waals surface area contributed by atoms with Gasteiger partial charge in [-0.15, -0.1) is 11.3 Å². The molecule has 178 valence electrons. The number of likely N-dealkylation sites (tertiary alicyclic amines) is 1. The monoisotopic (exact) mass is 487 g/mol. The molecule has 12 heteroatoms. The van der Waals surface area contributed by atoms with Crippen molar-refractivity contribution in [3.63, 3.8) is 0 Å². The maximum Gasteiger partial charge on any atom is 0.302 e. The number of thiazole rings is 1. The summed E-state index contributed by atoms with van der Waals surface area (Å²) >= 11 is 0.902. The Morgan fingerprint density at radius 3 is 2.71 bits per heavy atom. The minimum atomic E-state index is -3.12. The fourth-order valence-corrected chi connectivity index (χ4v) is 4.64. The minimum Gasteiger partial charge on any atom is -0.345 e. The maximum atomic E-state index is 14.7. The topological polar surface area (TPSA) is 127 Å². The van der Waals surface area contributed by atoms with Gasteiger partial charge in [0.2, 0.25) is 0 Å². The van der Waals surface area contributed by atoms with Crippen LogP contribution < -0.4 is 25.4 Å². The number of pyridine rings is 1. The molecule has 9 nitrogen and oxygen atoms in total. The van der Waals surface area contributed by atoms with E-state index in [-0.39, 0.29) is 39.4 Å². The van der Waals surface area contributed by atoms with Gasteiger partial charge in [-0.05, 0) is 45.0 Å². The number of halogens is 2. The first-order chi connectivity index (χ1) is 16.3. The molecule has 0 bridgehead atoms. The summed E-state index contributed by atoms with van der Waals surface area (Å²) < 4.78 is 31.0. The molecule has 2 N–H and O–H groups in total. The molecule has 1 amide bonds. The number of hydrogen-bond donors (Lipinski definition) is 2. The predicted molar refractivity (Wildman–Crippen MR) is 123 cm³/mol. The first-order valence-electron chi connectivity index (χ1n) is 10.6. The second kappa shape index (κ2) is 11.0. The van der Waals surface area contributed by atoms with Gasteiger partial charge in [-0.3, -0.25) is 19.1 Å². The number of nitriles is 2. The fraction of sp³-hybridized carbons (Fsp3) is 0.409. The molecule has 1 fully saturated rings. The Kier molecular flexibility index (Phi) is 8.10. The Labute approximate surface area is 198 Å². The van der Waals surface area contributed by atoms with Gasteiger partial charge in [0.25, 0.3) is 11.5 Å². The molecule has 0 spiro atoms. The molecule has 1 aliphatic rings. The van der Waals surface area contributed by atoms with E-state index in [0.717, 1.165) is 24.2 Å². The Bertz CT molecular complexity index is 1310. The third-order valence-corrected chi connectivity index (χ3v) is 6.33. The summed E-state index contributed by atoms with van der Waals surface area (Å²) in [5, 5.41) is 23.1. The number of nitrogens with zero attached hydrogens (tertiary/aromatic N) is 5. The zero-order chi connectivity index (χ0) is 24.7. The average Bonchev–Trinajstić information content (AvgIpc) is 3.44. The Hall–Kier alpha value is -3.61. The lowest BCUT2D eigenvalue weighted by Crippen LogP contribution is -2.34. The van der Waals surface area contributed by atoms with Crippen LogP contribution in [0.2, 0.25) is 0 Å². The third-order valence-electron chi connectivity index (χ3n) is 5.20. The maximum absolute atomic E-state index is 14.7. The van der Waals surface area contributed by atoms with E-state index in [4.69, 9.17) is 5.26 Å². The van der Waals surface area contributed by atoms with Gasteiger partial charge in [-0.1, -0.05) is 6.07 Å². The number of aromatic nitrogens is 2. The highest BCUT2D eigenvalue weighted by molar-refractivity contribution is 7.07. The highest BCUT2D eigenvalue weighted by atomic mass is 32.1. The Balaban J connectivity index is 1.92. The third kappa shape index (κ3) is 5.65. The van der Waals surface area contributed by atoms with Gasteiger partial charge in [0, 0.05) is 12.7 Å². The van der Waals surface area contributed by atoms with Gasteiger partial charge in [0.1, 0.15) is 33.3 Å². The normalized spacial score (nSPS) is 15.5. The molecular weight excluding hydrogens is 464 g/mol. The summed E-state index contributed by atoms with van der Waals surface area (Å²) in [6.45, 7) is 2.49. The number of carbonyl (C=O) groups excluding carboxylic acids is 1. The lowest BCUT2D eigenvalue weighted by molar-refractivity contribution is -0.115. The largest absolute Gasteiger partial charge is 0.345 e. The molecule has 0 unspecified atom stereocenters. The van der Waals surface area contributed by atoms with Gasteiger partial charge in [-0.2, -0.15) is 19.3 Å². The molecule has 0 saturated carbocycles. The minimum absolute atomic E-state index is 0.132. The highest BCUT2D eigenvalue weighted by Gasteiger charge is 2.36. The predicted octanol–water partition coefficient (Wildman–Crippen LogP) is 0.676. The molecule has 2 aromatic heterocycles. The molecular formula is C22H23F2N7O2S. The van der Waals surface area contributed by atoms with Crippen molar-refractivity contribution in [1.82, 2.24) is 19.8 Å². The number of nitrogens with one attached hydrogen (secondary N) is 2. The van der Waals surface area contributed by atoms with Crippen molar-refractivity contribution in [2.45, 2.75) is 32.2 Å². The van der Waals surface area contributed by atoms with E-state index in [1.807, 2.05) is 0 Å². The van der Waals surface area contributed by atoms with Crippen LogP contribution in [0.4, 0.5) is 14.6 Å². The quantitative estimate of drug-likeness (QED) is 0.524. The molecule has 3 rings (SSSR count). The molecule has 1 saturated heterocycles. The molecule has 3 heterocycles. The summed E-state index contributed by atoms with van der Waals surface area (Å²) in [6, 6.07) is 7.76. The number of rotatable bonds is 8. The first-order valence-corrected chi connectivity index (χ1v) is 11.5. The van der Waals surface area contributed by atoms with Crippen molar-refractivity contribution in [2.75, 3.05) is 31.5 Å². The van der Waals surface area contributed by atoms with Crippen LogP contribution in [0, 0.1) is 22.7 Å². The van der Waals surface area contributed by atoms with E-state index in [9.17, 15) is 23.6 Å². The number of amides is 1. The van der Waals surface area contributed by atoms with E-state index in [0.29, 0.717) is 13.1 Å². The van der Waals surface area contributed by atoms with Crippen LogP contribution in [0.15, 0.2) is 23.0 Å². The van der Waals surface area contributed by atoms with Gasteiger partial charge in [0.05, 0.1) is 12.6 Å². The molecule has 0 aromatic carbocycles. The van der Waals surface area contributed by atoms with Gasteiger partial charge in [0.15, 0.2) is 5.57 Å². The summed E-state index contributed by atoms with van der Waals surface area (Å²) in [5.41, 5.74) is -1.11. The van der Waals surface area contributed by atoms with Crippen LogP contribution >= 0.6 is 11.3 Å². The van der Waals surface area contributed by atoms with Crippen LogP contribution in [0.5, 0.6) is 0 Å². The number of anilines is 1. The Morgan fingerprint density at radius 1 is 1.32 bits per heavy atom. The van der Waals surface area contributed by atoms with Crippen molar-refractivity contribution in [1.29, 1.82) is 10.5 Å². The summed E-state index contributed by atoms with van der Waals surface area (Å²) in [4.78, 5) is 30.7. The van der Waals surface area contributed by atoms with E-state index >= 15 is 0 Å². The van der Waals surface area contributed by atoms with E-state index in [1.165, 1.54) is 29.0 Å². The second-order valence-corrected chi connectivity index (χ2v) is 8.56. The SMILES string of the molecule is CCn1c(=C(C#N)C(=O)NCC#N)sc(=CNc2cccc(C(F)(F)CN3CCCC3)n2)c1=O. The van der Waals surface area contributed by atoms with Gasteiger partial charge >= 0.3 is 5.92 Å². The van der Waals surface area contributed by atoms with Crippen molar-refractivity contribution in [2.24, 2.45) is 0 Å². The van der Waals surface area contributed by atoms with Crippen molar-refractivity contribution in [3.8, 4) is 12.1 Å². The molecule has 34 heavy (non-hydrogen) atoms. The highest BCUT2D eigenvalue weighted by Crippen LogP contribution is 2.29. The van der Waals surface area contributed by atoms with Crippen LogP contribution in [-0.4, -0.2) is 46.5 Å². The van der Waals surface area contributed by atoms with Gasteiger partial charge in [-0.25, -0.2) is 4.98 Å². The summed E-state index contributed by atoms with van der Waals surface area (Å²) in [5.74, 6) is -3.76. The zero-order valence-electron chi connectivity index (χ0n) is 18.5.